The number of piperidine rings is 2. The van der Waals surface area contributed by atoms with Crippen LogP contribution in [0.3, 0.4) is 0 Å². The summed E-state index contributed by atoms with van der Waals surface area (Å²) in [4.78, 5) is 28.4. The highest BCUT2D eigenvalue weighted by Gasteiger charge is 2.22. The lowest BCUT2D eigenvalue weighted by Gasteiger charge is -2.26. The largest absolute Gasteiger partial charge is 0.342 e. The lowest BCUT2D eigenvalue weighted by Crippen LogP contribution is -2.36. The van der Waals surface area contributed by atoms with Gasteiger partial charge in [-0.05, 0) is 50.1 Å². The smallest absolute Gasteiger partial charge is 0.232 e. The molecule has 1 aromatic heterocycles. The van der Waals surface area contributed by atoms with Gasteiger partial charge in [0.1, 0.15) is 20.9 Å². The fraction of sp³-hybridized carbons (Fsp3) is 0.667. The molecule has 3 rings (SSSR count). The van der Waals surface area contributed by atoms with Crippen LogP contribution in [0.1, 0.15) is 44.1 Å². The van der Waals surface area contributed by atoms with Crippen molar-refractivity contribution in [3.63, 3.8) is 0 Å². The number of likely N-dealkylation sites (tertiary alicyclic amines) is 2. The van der Waals surface area contributed by atoms with Crippen LogP contribution in [0.15, 0.2) is 9.24 Å². The molecular formula is C18H24N4O2S3. The van der Waals surface area contributed by atoms with E-state index >= 15 is 0 Å². The van der Waals surface area contributed by atoms with Gasteiger partial charge in [0.2, 0.25) is 11.8 Å². The van der Waals surface area contributed by atoms with Gasteiger partial charge < -0.3 is 9.80 Å². The van der Waals surface area contributed by atoms with Gasteiger partial charge in [-0.1, -0.05) is 11.8 Å². The zero-order valence-corrected chi connectivity index (χ0v) is 17.8. The minimum Gasteiger partial charge on any atom is -0.342 e. The van der Waals surface area contributed by atoms with Crippen LogP contribution in [0.4, 0.5) is 0 Å². The molecule has 1 aromatic rings. The summed E-state index contributed by atoms with van der Waals surface area (Å²) in [5.74, 6) is 0.903. The third kappa shape index (κ3) is 5.62. The van der Waals surface area contributed by atoms with Gasteiger partial charge in [0.15, 0.2) is 0 Å². The van der Waals surface area contributed by atoms with Crippen molar-refractivity contribution in [3.05, 3.63) is 5.56 Å². The first-order chi connectivity index (χ1) is 13.2. The predicted octanol–water partition coefficient (Wildman–Crippen LogP) is 3.22. The lowest BCUT2D eigenvalue weighted by atomic mass is 10.1. The second kappa shape index (κ2) is 10.3. The summed E-state index contributed by atoms with van der Waals surface area (Å²) in [6.45, 7) is 3.35. The maximum atomic E-state index is 12.3. The van der Waals surface area contributed by atoms with E-state index in [0.717, 1.165) is 56.1 Å². The Morgan fingerprint density at radius 1 is 0.926 bits per heavy atom. The molecule has 0 saturated carbocycles. The van der Waals surface area contributed by atoms with E-state index in [1.165, 1.54) is 47.9 Å². The first-order valence-corrected chi connectivity index (χ1v) is 12.1. The van der Waals surface area contributed by atoms with E-state index in [4.69, 9.17) is 0 Å². The normalized spacial score (nSPS) is 17.6. The van der Waals surface area contributed by atoms with Crippen LogP contribution >= 0.6 is 35.1 Å². The third-order valence-electron chi connectivity index (χ3n) is 4.82. The molecule has 9 heteroatoms. The average molecular weight is 425 g/mol. The van der Waals surface area contributed by atoms with Gasteiger partial charge in [0, 0.05) is 26.2 Å². The van der Waals surface area contributed by atoms with Crippen molar-refractivity contribution in [2.45, 2.75) is 47.8 Å². The molecule has 2 fully saturated rings. The second-order valence-electron chi connectivity index (χ2n) is 6.72. The van der Waals surface area contributed by atoms with Crippen molar-refractivity contribution in [1.82, 2.24) is 14.2 Å². The van der Waals surface area contributed by atoms with Crippen LogP contribution in [-0.4, -0.2) is 63.7 Å². The molecule has 2 amide bonds. The quantitative estimate of drug-likeness (QED) is 0.653. The summed E-state index contributed by atoms with van der Waals surface area (Å²) >= 11 is 3.97. The van der Waals surface area contributed by atoms with Gasteiger partial charge in [-0.3, -0.25) is 9.59 Å². The van der Waals surface area contributed by atoms with Crippen LogP contribution in [0.2, 0.25) is 0 Å². The van der Waals surface area contributed by atoms with Crippen molar-refractivity contribution < 1.29 is 9.59 Å². The molecule has 0 aliphatic carbocycles. The van der Waals surface area contributed by atoms with E-state index in [-0.39, 0.29) is 11.8 Å². The molecule has 0 spiro atoms. The topological polar surface area (TPSA) is 77.3 Å². The molecular weight excluding hydrogens is 400 g/mol. The number of nitriles is 1. The Morgan fingerprint density at radius 3 is 1.96 bits per heavy atom. The van der Waals surface area contributed by atoms with Crippen molar-refractivity contribution in [1.29, 1.82) is 5.26 Å². The highest BCUT2D eigenvalue weighted by Crippen LogP contribution is 2.34. The summed E-state index contributed by atoms with van der Waals surface area (Å²) < 4.78 is 5.13. The Bertz CT molecular complexity index is 652. The van der Waals surface area contributed by atoms with E-state index < -0.39 is 0 Å². The number of aromatic nitrogens is 1. The predicted molar refractivity (Wildman–Crippen MR) is 109 cm³/mol. The van der Waals surface area contributed by atoms with Crippen LogP contribution in [0.25, 0.3) is 0 Å². The van der Waals surface area contributed by atoms with Crippen molar-refractivity contribution >= 4 is 46.9 Å². The molecule has 0 N–H and O–H groups in total. The van der Waals surface area contributed by atoms with Gasteiger partial charge >= 0.3 is 0 Å². The fourth-order valence-corrected chi connectivity index (χ4v) is 6.18. The standard InChI is InChI=1S/C18H24N4O2S3/c19-11-14-17(25-12-15(23)21-7-3-1-4-8-21)20-27-18(14)26-13-16(24)22-9-5-2-6-10-22/h1-10,12-13H2. The van der Waals surface area contributed by atoms with Gasteiger partial charge in [-0.25, -0.2) is 0 Å². The molecule has 27 heavy (non-hydrogen) atoms. The Kier molecular flexibility index (Phi) is 7.85. The van der Waals surface area contributed by atoms with Crippen LogP contribution in [-0.2, 0) is 9.59 Å². The molecule has 146 valence electrons. The zero-order chi connectivity index (χ0) is 19.1. The molecule has 0 unspecified atom stereocenters. The van der Waals surface area contributed by atoms with E-state index in [2.05, 4.69) is 10.4 Å². The Balaban J connectivity index is 1.52. The summed E-state index contributed by atoms with van der Waals surface area (Å²) in [6, 6.07) is 2.21. The Morgan fingerprint density at radius 2 is 1.44 bits per heavy atom. The van der Waals surface area contributed by atoms with E-state index in [1.807, 2.05) is 9.80 Å². The number of carbonyl (C=O) groups is 2. The van der Waals surface area contributed by atoms with Gasteiger partial charge in [0.05, 0.1) is 11.5 Å². The van der Waals surface area contributed by atoms with E-state index in [1.54, 1.807) is 0 Å². The first-order valence-electron chi connectivity index (χ1n) is 9.40. The molecule has 2 saturated heterocycles. The molecule has 3 heterocycles. The van der Waals surface area contributed by atoms with Crippen LogP contribution in [0, 0.1) is 11.3 Å². The number of nitrogens with zero attached hydrogens (tertiary/aromatic N) is 4. The number of carbonyl (C=O) groups excluding carboxylic acids is 2. The SMILES string of the molecule is N#Cc1c(SCC(=O)N2CCCCC2)nsc1SCC(=O)N1CCCCC1. The summed E-state index contributed by atoms with van der Waals surface area (Å²) in [7, 11) is 0. The molecule has 0 bridgehead atoms. The molecule has 6 nitrogen and oxygen atoms in total. The first kappa shape index (κ1) is 20.5. The maximum Gasteiger partial charge on any atom is 0.232 e. The minimum absolute atomic E-state index is 0.117. The van der Waals surface area contributed by atoms with Gasteiger partial charge in [-0.2, -0.15) is 9.64 Å². The van der Waals surface area contributed by atoms with Crippen LogP contribution < -0.4 is 0 Å². The zero-order valence-electron chi connectivity index (χ0n) is 15.3. The average Bonchev–Trinajstić information content (AvgIpc) is 3.13. The molecule has 0 aromatic carbocycles. The second-order valence-corrected chi connectivity index (χ2v) is 9.70. The van der Waals surface area contributed by atoms with Crippen LogP contribution in [0.5, 0.6) is 0 Å². The van der Waals surface area contributed by atoms with Crippen molar-refractivity contribution in [3.8, 4) is 6.07 Å². The highest BCUT2D eigenvalue weighted by molar-refractivity contribution is 8.02. The third-order valence-corrected chi connectivity index (χ3v) is 7.97. The van der Waals surface area contributed by atoms with Crippen molar-refractivity contribution in [2.24, 2.45) is 0 Å². The number of thioether (sulfide) groups is 2. The van der Waals surface area contributed by atoms with E-state index in [9.17, 15) is 14.9 Å². The van der Waals surface area contributed by atoms with Crippen molar-refractivity contribution in [2.75, 3.05) is 37.7 Å². The summed E-state index contributed by atoms with van der Waals surface area (Å²) in [5.41, 5.74) is 0.507. The fourth-order valence-electron chi connectivity index (χ4n) is 3.28. The summed E-state index contributed by atoms with van der Waals surface area (Å²) in [5, 5.41) is 10.1. The minimum atomic E-state index is 0.117. The van der Waals surface area contributed by atoms with Gasteiger partial charge in [-0.15, -0.1) is 11.8 Å². The maximum absolute atomic E-state index is 12.3. The molecule has 0 radical (unpaired) electrons. The number of rotatable bonds is 6. The Hall–Kier alpha value is -1.24. The molecule has 2 aliphatic heterocycles. The van der Waals surface area contributed by atoms with E-state index in [0.29, 0.717) is 22.1 Å². The highest BCUT2D eigenvalue weighted by atomic mass is 32.2. The Labute approximate surface area is 172 Å². The number of hydrogen-bond acceptors (Lipinski definition) is 7. The molecule has 0 atom stereocenters. The lowest BCUT2D eigenvalue weighted by molar-refractivity contribution is -0.130. The monoisotopic (exact) mass is 424 g/mol. The number of amides is 2. The van der Waals surface area contributed by atoms with Gasteiger partial charge in [0.25, 0.3) is 0 Å². The summed E-state index contributed by atoms with van der Waals surface area (Å²) in [6.07, 6.45) is 6.68. The number of hydrogen-bond donors (Lipinski definition) is 0. The molecule has 2 aliphatic rings.